The molecule has 1 heterocycles. The van der Waals surface area contributed by atoms with E-state index in [-0.39, 0.29) is 10.8 Å². The van der Waals surface area contributed by atoms with Crippen LogP contribution >= 0.6 is 11.8 Å². The maximum absolute atomic E-state index is 12.0. The fourth-order valence-corrected chi connectivity index (χ4v) is 2.90. The van der Waals surface area contributed by atoms with Crippen LogP contribution in [0.15, 0.2) is 0 Å². The zero-order chi connectivity index (χ0) is 13.8. The molecule has 0 spiro atoms. The number of carboxylic acid groups (broad SMARTS) is 1. The number of hydrogen-bond acceptors (Lipinski definition) is 3. The van der Waals surface area contributed by atoms with E-state index in [2.05, 4.69) is 19.2 Å². The van der Waals surface area contributed by atoms with Crippen LogP contribution in [0.2, 0.25) is 0 Å². The number of carbonyl (C=O) groups excluding carboxylic acids is 1. The zero-order valence-electron chi connectivity index (χ0n) is 11.2. The van der Waals surface area contributed by atoms with Crippen molar-refractivity contribution in [2.24, 2.45) is 0 Å². The van der Waals surface area contributed by atoms with Crippen molar-refractivity contribution in [2.75, 3.05) is 18.8 Å². The van der Waals surface area contributed by atoms with Gasteiger partial charge in [0.25, 0.3) is 0 Å². The number of nitrogens with zero attached hydrogens (tertiary/aromatic N) is 1. The lowest BCUT2D eigenvalue weighted by atomic mass is 10.1. The van der Waals surface area contributed by atoms with Crippen molar-refractivity contribution in [1.82, 2.24) is 10.2 Å². The van der Waals surface area contributed by atoms with Crippen molar-refractivity contribution in [3.63, 3.8) is 0 Å². The molecule has 0 aromatic carbocycles. The maximum atomic E-state index is 12.0. The minimum atomic E-state index is -0.977. The molecule has 6 heteroatoms. The minimum Gasteiger partial charge on any atom is -0.480 e. The highest BCUT2D eigenvalue weighted by Gasteiger charge is 2.27. The number of amides is 2. The van der Waals surface area contributed by atoms with Crippen LogP contribution in [0.1, 0.15) is 33.6 Å². The van der Waals surface area contributed by atoms with Crippen LogP contribution in [0.5, 0.6) is 0 Å². The third-order valence-electron chi connectivity index (χ3n) is 3.13. The topological polar surface area (TPSA) is 69.6 Å². The van der Waals surface area contributed by atoms with Gasteiger partial charge in [-0.15, -0.1) is 0 Å². The normalized spacial score (nSPS) is 20.9. The summed E-state index contributed by atoms with van der Waals surface area (Å²) in [5, 5.41) is 11.5. The molecule has 1 atom stereocenters. The molecule has 1 aliphatic rings. The standard InChI is InChI=1S/C12H22N2O3S/c1-4-9(10(15)16)13-11(17)14-6-5-12(2,3)18-8-7-14/h9H,4-8H2,1-3H3,(H,13,17)(H,15,16)/t9-/m0/s1. The molecule has 1 fully saturated rings. The number of urea groups is 1. The summed E-state index contributed by atoms with van der Waals surface area (Å²) in [5.74, 6) is -0.0834. The third kappa shape index (κ3) is 4.40. The van der Waals surface area contributed by atoms with E-state index >= 15 is 0 Å². The first-order valence-corrected chi connectivity index (χ1v) is 7.26. The Morgan fingerprint density at radius 1 is 1.44 bits per heavy atom. The highest BCUT2D eigenvalue weighted by atomic mass is 32.2. The zero-order valence-corrected chi connectivity index (χ0v) is 12.0. The van der Waals surface area contributed by atoms with Gasteiger partial charge >= 0.3 is 12.0 Å². The Morgan fingerprint density at radius 2 is 2.11 bits per heavy atom. The minimum absolute atomic E-state index is 0.186. The fraction of sp³-hybridized carbons (Fsp3) is 0.833. The smallest absolute Gasteiger partial charge is 0.326 e. The van der Waals surface area contributed by atoms with Crippen LogP contribution in [-0.4, -0.2) is 51.6 Å². The molecule has 0 unspecified atom stereocenters. The summed E-state index contributed by atoms with van der Waals surface area (Å²) < 4.78 is 0.186. The molecule has 5 nitrogen and oxygen atoms in total. The maximum Gasteiger partial charge on any atom is 0.326 e. The summed E-state index contributed by atoms with van der Waals surface area (Å²) in [7, 11) is 0. The number of hydrogen-bond donors (Lipinski definition) is 2. The van der Waals surface area contributed by atoms with Gasteiger partial charge in [-0.2, -0.15) is 11.8 Å². The van der Waals surface area contributed by atoms with E-state index in [1.54, 1.807) is 11.8 Å². The van der Waals surface area contributed by atoms with Gasteiger partial charge in [-0.1, -0.05) is 20.8 Å². The number of carboxylic acids is 1. The van der Waals surface area contributed by atoms with Gasteiger partial charge in [0.05, 0.1) is 0 Å². The summed E-state index contributed by atoms with van der Waals surface area (Å²) in [5.41, 5.74) is 0. The molecule has 1 saturated heterocycles. The fourth-order valence-electron chi connectivity index (χ4n) is 1.80. The van der Waals surface area contributed by atoms with Crippen LogP contribution in [0.25, 0.3) is 0 Å². The average Bonchev–Trinajstić information content (AvgIpc) is 2.46. The quantitative estimate of drug-likeness (QED) is 0.823. The first-order chi connectivity index (χ1) is 8.35. The molecular weight excluding hydrogens is 252 g/mol. The molecule has 1 rings (SSSR count). The van der Waals surface area contributed by atoms with E-state index < -0.39 is 12.0 Å². The second kappa shape index (κ2) is 6.31. The highest BCUT2D eigenvalue weighted by Crippen LogP contribution is 2.30. The number of carbonyl (C=O) groups is 2. The molecule has 1 aliphatic heterocycles. The number of rotatable bonds is 3. The lowest BCUT2D eigenvalue weighted by Gasteiger charge is -2.24. The monoisotopic (exact) mass is 274 g/mol. The van der Waals surface area contributed by atoms with Gasteiger partial charge in [-0.25, -0.2) is 9.59 Å². The molecule has 0 aliphatic carbocycles. The van der Waals surface area contributed by atoms with Crippen molar-refractivity contribution in [2.45, 2.75) is 44.4 Å². The predicted octanol–water partition coefficient (Wildman–Crippen LogP) is 1.78. The van der Waals surface area contributed by atoms with Crippen LogP contribution in [-0.2, 0) is 4.79 Å². The van der Waals surface area contributed by atoms with Gasteiger partial charge in [0.1, 0.15) is 6.04 Å². The van der Waals surface area contributed by atoms with E-state index in [1.807, 2.05) is 11.8 Å². The van der Waals surface area contributed by atoms with Crippen LogP contribution in [0.3, 0.4) is 0 Å². The summed E-state index contributed by atoms with van der Waals surface area (Å²) in [6.07, 6.45) is 1.32. The highest BCUT2D eigenvalue weighted by molar-refractivity contribution is 8.00. The Hall–Kier alpha value is -0.910. The Balaban J connectivity index is 2.54. The van der Waals surface area contributed by atoms with Crippen molar-refractivity contribution in [3.8, 4) is 0 Å². The largest absolute Gasteiger partial charge is 0.480 e. The molecule has 18 heavy (non-hydrogen) atoms. The third-order valence-corrected chi connectivity index (χ3v) is 4.50. The Bertz CT molecular complexity index is 320. The van der Waals surface area contributed by atoms with E-state index in [0.29, 0.717) is 19.5 Å². The van der Waals surface area contributed by atoms with Crippen molar-refractivity contribution in [3.05, 3.63) is 0 Å². The Morgan fingerprint density at radius 3 is 2.67 bits per heavy atom. The van der Waals surface area contributed by atoms with Gasteiger partial charge in [0.2, 0.25) is 0 Å². The van der Waals surface area contributed by atoms with E-state index in [9.17, 15) is 9.59 Å². The summed E-state index contributed by atoms with van der Waals surface area (Å²) in [6.45, 7) is 7.45. The number of nitrogens with one attached hydrogen (secondary N) is 1. The van der Waals surface area contributed by atoms with Crippen LogP contribution in [0, 0.1) is 0 Å². The molecule has 0 saturated carbocycles. The summed E-state index contributed by atoms with van der Waals surface area (Å²) >= 11 is 1.86. The van der Waals surface area contributed by atoms with E-state index in [1.165, 1.54) is 0 Å². The second-order valence-corrected chi connectivity index (χ2v) is 6.90. The van der Waals surface area contributed by atoms with Gasteiger partial charge < -0.3 is 15.3 Å². The SMILES string of the molecule is CC[C@H](NC(=O)N1CCSC(C)(C)CC1)C(=O)O. The molecule has 0 bridgehead atoms. The van der Waals surface area contributed by atoms with Gasteiger partial charge in [0.15, 0.2) is 0 Å². The van der Waals surface area contributed by atoms with Crippen molar-refractivity contribution < 1.29 is 14.7 Å². The molecule has 0 aromatic heterocycles. The first kappa shape index (κ1) is 15.1. The first-order valence-electron chi connectivity index (χ1n) is 6.28. The lowest BCUT2D eigenvalue weighted by molar-refractivity contribution is -0.139. The van der Waals surface area contributed by atoms with E-state index in [4.69, 9.17) is 5.11 Å². The number of aliphatic carboxylic acids is 1. The molecule has 104 valence electrons. The van der Waals surface area contributed by atoms with Crippen LogP contribution in [0.4, 0.5) is 4.79 Å². The molecular formula is C12H22N2O3S. The van der Waals surface area contributed by atoms with Gasteiger partial charge in [-0.05, 0) is 12.8 Å². The second-order valence-electron chi connectivity index (χ2n) is 5.09. The van der Waals surface area contributed by atoms with Crippen molar-refractivity contribution in [1.29, 1.82) is 0 Å². The van der Waals surface area contributed by atoms with Gasteiger partial charge in [-0.3, -0.25) is 0 Å². The van der Waals surface area contributed by atoms with E-state index in [0.717, 1.165) is 12.2 Å². The molecule has 0 aromatic rings. The Kier molecular flexibility index (Phi) is 5.31. The van der Waals surface area contributed by atoms with Crippen LogP contribution < -0.4 is 5.32 Å². The number of thioether (sulfide) groups is 1. The van der Waals surface area contributed by atoms with Gasteiger partial charge in [0, 0.05) is 23.6 Å². The Labute approximate surface area is 112 Å². The average molecular weight is 274 g/mol. The predicted molar refractivity (Wildman–Crippen MR) is 73.0 cm³/mol. The molecule has 0 radical (unpaired) electrons. The van der Waals surface area contributed by atoms with Crippen molar-refractivity contribution >= 4 is 23.8 Å². The summed E-state index contributed by atoms with van der Waals surface area (Å²) in [6, 6.07) is -1.05. The molecule has 2 N–H and O–H groups in total. The molecule has 2 amide bonds. The summed E-state index contributed by atoms with van der Waals surface area (Å²) in [4.78, 5) is 24.6. The lowest BCUT2D eigenvalue weighted by Crippen LogP contribution is -2.48.